The second kappa shape index (κ2) is 8.65. The molecule has 7 heteroatoms. The highest BCUT2D eigenvalue weighted by molar-refractivity contribution is 5.94. The van der Waals surface area contributed by atoms with Crippen LogP contribution in [0.3, 0.4) is 0 Å². The Balaban J connectivity index is 1.81. The first-order valence-corrected chi connectivity index (χ1v) is 9.18. The SMILES string of the molecule is COc1ccc(OC)c([C@@H]2CCCN2C(=O)c2ccc(CNC(N)=O)cc2)c1. The summed E-state index contributed by atoms with van der Waals surface area (Å²) in [6, 6.07) is 12.2. The van der Waals surface area contributed by atoms with Gasteiger partial charge in [-0.05, 0) is 48.7 Å². The van der Waals surface area contributed by atoms with Crippen LogP contribution in [0.5, 0.6) is 11.5 Å². The number of nitrogens with zero attached hydrogens (tertiary/aromatic N) is 1. The van der Waals surface area contributed by atoms with Crippen LogP contribution in [0.15, 0.2) is 42.5 Å². The van der Waals surface area contributed by atoms with Gasteiger partial charge in [0.05, 0.1) is 20.3 Å². The number of nitrogens with two attached hydrogens (primary N) is 1. The molecule has 3 amide bonds. The van der Waals surface area contributed by atoms with Gasteiger partial charge in [0.1, 0.15) is 11.5 Å². The number of benzene rings is 2. The van der Waals surface area contributed by atoms with E-state index in [9.17, 15) is 9.59 Å². The monoisotopic (exact) mass is 383 g/mol. The Bertz CT molecular complexity index is 851. The van der Waals surface area contributed by atoms with Gasteiger partial charge >= 0.3 is 6.03 Å². The van der Waals surface area contributed by atoms with Gasteiger partial charge in [-0.1, -0.05) is 12.1 Å². The predicted molar refractivity (Wildman–Crippen MR) is 105 cm³/mol. The van der Waals surface area contributed by atoms with Gasteiger partial charge in [0.15, 0.2) is 0 Å². The molecule has 1 atom stereocenters. The van der Waals surface area contributed by atoms with Crippen LogP contribution in [-0.4, -0.2) is 37.6 Å². The number of rotatable bonds is 6. The summed E-state index contributed by atoms with van der Waals surface area (Å²) in [7, 11) is 3.25. The van der Waals surface area contributed by atoms with Gasteiger partial charge in [-0.15, -0.1) is 0 Å². The minimum absolute atomic E-state index is 0.0261. The van der Waals surface area contributed by atoms with Crippen molar-refractivity contribution >= 4 is 11.9 Å². The average Bonchev–Trinajstić information content (AvgIpc) is 3.21. The van der Waals surface area contributed by atoms with Crippen molar-refractivity contribution < 1.29 is 19.1 Å². The van der Waals surface area contributed by atoms with Crippen LogP contribution >= 0.6 is 0 Å². The molecule has 1 heterocycles. The number of carbonyl (C=O) groups is 2. The number of ether oxygens (including phenoxy) is 2. The van der Waals surface area contributed by atoms with E-state index >= 15 is 0 Å². The van der Waals surface area contributed by atoms with Crippen molar-refractivity contribution in [1.82, 2.24) is 10.2 Å². The van der Waals surface area contributed by atoms with Gasteiger partial charge in [-0.3, -0.25) is 4.79 Å². The summed E-state index contributed by atoms with van der Waals surface area (Å²) >= 11 is 0. The van der Waals surface area contributed by atoms with Crippen LogP contribution in [0.25, 0.3) is 0 Å². The molecule has 1 fully saturated rings. The molecule has 0 saturated carbocycles. The van der Waals surface area contributed by atoms with E-state index in [-0.39, 0.29) is 11.9 Å². The lowest BCUT2D eigenvalue weighted by Gasteiger charge is -2.27. The normalized spacial score (nSPS) is 15.9. The number of carbonyl (C=O) groups excluding carboxylic acids is 2. The third kappa shape index (κ3) is 4.19. The molecule has 7 nitrogen and oxygen atoms in total. The zero-order chi connectivity index (χ0) is 20.1. The average molecular weight is 383 g/mol. The fourth-order valence-corrected chi connectivity index (χ4v) is 3.55. The molecule has 3 rings (SSSR count). The fourth-order valence-electron chi connectivity index (χ4n) is 3.55. The number of primary amides is 1. The van der Waals surface area contributed by atoms with Crippen LogP contribution in [0, 0.1) is 0 Å². The van der Waals surface area contributed by atoms with Crippen LogP contribution in [0.4, 0.5) is 4.79 Å². The van der Waals surface area contributed by atoms with Crippen molar-refractivity contribution in [2.75, 3.05) is 20.8 Å². The van der Waals surface area contributed by atoms with Crippen LogP contribution in [0.2, 0.25) is 0 Å². The molecule has 0 spiro atoms. The maximum absolute atomic E-state index is 13.1. The van der Waals surface area contributed by atoms with E-state index < -0.39 is 6.03 Å². The summed E-state index contributed by atoms with van der Waals surface area (Å²) in [4.78, 5) is 25.8. The molecular formula is C21H25N3O4. The summed E-state index contributed by atoms with van der Waals surface area (Å²) in [5.41, 5.74) is 7.53. The molecule has 2 aromatic rings. The minimum Gasteiger partial charge on any atom is -0.497 e. The number of nitrogens with one attached hydrogen (secondary N) is 1. The lowest BCUT2D eigenvalue weighted by Crippen LogP contribution is -2.31. The molecule has 0 radical (unpaired) electrons. The Labute approximate surface area is 164 Å². The van der Waals surface area contributed by atoms with Crippen LogP contribution in [0.1, 0.15) is 40.4 Å². The third-order valence-electron chi connectivity index (χ3n) is 4.98. The topological polar surface area (TPSA) is 93.9 Å². The van der Waals surface area contributed by atoms with E-state index in [1.165, 1.54) is 0 Å². The number of methoxy groups -OCH3 is 2. The fraction of sp³-hybridized carbons (Fsp3) is 0.333. The first-order valence-electron chi connectivity index (χ1n) is 9.18. The van der Waals surface area contributed by atoms with Gasteiger partial charge in [0, 0.05) is 24.2 Å². The molecule has 2 aromatic carbocycles. The maximum Gasteiger partial charge on any atom is 0.312 e. The van der Waals surface area contributed by atoms with E-state index in [1.54, 1.807) is 26.4 Å². The van der Waals surface area contributed by atoms with Gasteiger partial charge in [-0.2, -0.15) is 0 Å². The minimum atomic E-state index is -0.577. The second-order valence-electron chi connectivity index (χ2n) is 6.68. The van der Waals surface area contributed by atoms with E-state index in [2.05, 4.69) is 5.32 Å². The molecular weight excluding hydrogens is 358 g/mol. The number of amides is 3. The van der Waals surface area contributed by atoms with Crippen LogP contribution in [-0.2, 0) is 6.54 Å². The number of urea groups is 1. The third-order valence-corrected chi connectivity index (χ3v) is 4.98. The van der Waals surface area contributed by atoms with Crippen LogP contribution < -0.4 is 20.5 Å². The van der Waals surface area contributed by atoms with Crippen molar-refractivity contribution in [2.24, 2.45) is 5.73 Å². The Kier molecular flexibility index (Phi) is 6.03. The molecule has 1 saturated heterocycles. The van der Waals surface area contributed by atoms with Crippen molar-refractivity contribution in [2.45, 2.75) is 25.4 Å². The summed E-state index contributed by atoms with van der Waals surface area (Å²) in [6.07, 6.45) is 1.80. The first kappa shape index (κ1) is 19.5. The Morgan fingerprint density at radius 2 is 1.89 bits per heavy atom. The summed E-state index contributed by atoms with van der Waals surface area (Å²) < 4.78 is 10.9. The highest BCUT2D eigenvalue weighted by atomic mass is 16.5. The van der Waals surface area contributed by atoms with Gasteiger partial charge in [0.25, 0.3) is 5.91 Å². The summed E-state index contributed by atoms with van der Waals surface area (Å²) in [6.45, 7) is 1.02. The van der Waals surface area contributed by atoms with Crippen molar-refractivity contribution in [3.8, 4) is 11.5 Å². The van der Waals surface area contributed by atoms with Gasteiger partial charge in [-0.25, -0.2) is 4.79 Å². The largest absolute Gasteiger partial charge is 0.497 e. The second-order valence-corrected chi connectivity index (χ2v) is 6.68. The van der Waals surface area contributed by atoms with Gasteiger partial charge < -0.3 is 25.4 Å². The molecule has 1 aliphatic heterocycles. The predicted octanol–water partition coefficient (Wildman–Crippen LogP) is 2.85. The Morgan fingerprint density at radius 1 is 1.14 bits per heavy atom. The van der Waals surface area contributed by atoms with Crippen molar-refractivity contribution in [1.29, 1.82) is 0 Å². The van der Waals surface area contributed by atoms with E-state index in [0.717, 1.165) is 35.5 Å². The molecule has 148 valence electrons. The lowest BCUT2D eigenvalue weighted by atomic mass is 10.0. The molecule has 0 bridgehead atoms. The molecule has 1 aliphatic rings. The summed E-state index contributed by atoms with van der Waals surface area (Å²) in [5, 5.41) is 2.54. The van der Waals surface area contributed by atoms with E-state index in [1.807, 2.05) is 35.2 Å². The highest BCUT2D eigenvalue weighted by Crippen LogP contribution is 2.39. The maximum atomic E-state index is 13.1. The van der Waals surface area contributed by atoms with Crippen molar-refractivity contribution in [3.63, 3.8) is 0 Å². The van der Waals surface area contributed by atoms with E-state index in [0.29, 0.717) is 18.7 Å². The zero-order valence-electron chi connectivity index (χ0n) is 16.1. The first-order chi connectivity index (χ1) is 13.5. The number of hydrogen-bond acceptors (Lipinski definition) is 4. The van der Waals surface area contributed by atoms with Crippen molar-refractivity contribution in [3.05, 3.63) is 59.2 Å². The highest BCUT2D eigenvalue weighted by Gasteiger charge is 2.32. The molecule has 0 aliphatic carbocycles. The quantitative estimate of drug-likeness (QED) is 0.802. The smallest absolute Gasteiger partial charge is 0.312 e. The standard InChI is InChI=1S/C21H25N3O4/c1-27-16-9-10-19(28-2)17(12-16)18-4-3-11-24(18)20(25)15-7-5-14(6-8-15)13-23-21(22)26/h5-10,12,18H,3-4,11,13H2,1-2H3,(H3,22,23,26)/t18-/m0/s1. The molecule has 28 heavy (non-hydrogen) atoms. The summed E-state index contributed by atoms with van der Waals surface area (Å²) in [5.74, 6) is 1.46. The Morgan fingerprint density at radius 3 is 2.54 bits per heavy atom. The molecule has 3 N–H and O–H groups in total. The number of hydrogen-bond donors (Lipinski definition) is 2. The van der Waals surface area contributed by atoms with Gasteiger partial charge in [0.2, 0.25) is 0 Å². The van der Waals surface area contributed by atoms with E-state index in [4.69, 9.17) is 15.2 Å². The number of likely N-dealkylation sites (tertiary alicyclic amines) is 1. The molecule has 0 unspecified atom stereocenters. The lowest BCUT2D eigenvalue weighted by molar-refractivity contribution is 0.0734. The molecule has 0 aromatic heterocycles. The zero-order valence-corrected chi connectivity index (χ0v) is 16.1. The Hall–Kier alpha value is -3.22.